The molecule has 2 unspecified atom stereocenters. The van der Waals surface area contributed by atoms with E-state index in [4.69, 9.17) is 4.74 Å². The van der Waals surface area contributed by atoms with E-state index in [1.807, 2.05) is 0 Å². The lowest BCUT2D eigenvalue weighted by molar-refractivity contribution is -0.0972. The second kappa shape index (κ2) is 6.57. The second-order valence-corrected chi connectivity index (χ2v) is 5.67. The van der Waals surface area contributed by atoms with Gasteiger partial charge in [0, 0.05) is 24.5 Å². The summed E-state index contributed by atoms with van der Waals surface area (Å²) >= 11 is 1.76. The molecule has 0 amide bonds. The minimum atomic E-state index is -0.0424. The summed E-state index contributed by atoms with van der Waals surface area (Å²) in [6.07, 6.45) is 2.24. The zero-order valence-corrected chi connectivity index (χ0v) is 11.8. The van der Waals surface area contributed by atoms with E-state index in [1.54, 1.807) is 11.8 Å². The Hall–Kier alpha value is -0.550. The molecule has 1 aromatic carbocycles. The monoisotopic (exact) mass is 267 g/mol. The highest BCUT2D eigenvalue weighted by atomic mass is 32.2. The van der Waals surface area contributed by atoms with Crippen LogP contribution in [0.1, 0.15) is 12.5 Å². The van der Waals surface area contributed by atoms with Gasteiger partial charge in [-0.05, 0) is 30.9 Å². The number of aliphatic hydroxyl groups is 1. The predicted octanol–water partition coefficient (Wildman–Crippen LogP) is 1.99. The molecule has 18 heavy (non-hydrogen) atoms. The van der Waals surface area contributed by atoms with E-state index in [-0.39, 0.29) is 18.8 Å². The van der Waals surface area contributed by atoms with Crippen molar-refractivity contribution >= 4 is 11.8 Å². The van der Waals surface area contributed by atoms with Crippen LogP contribution >= 0.6 is 11.8 Å². The average Bonchev–Trinajstić information content (AvgIpc) is 2.39. The molecule has 1 aliphatic heterocycles. The molecule has 0 aliphatic carbocycles. The van der Waals surface area contributed by atoms with Gasteiger partial charge in [-0.25, -0.2) is 0 Å². The van der Waals surface area contributed by atoms with Crippen LogP contribution in [0.2, 0.25) is 0 Å². The molecule has 1 saturated heterocycles. The molecule has 3 nitrogen and oxygen atoms in total. The van der Waals surface area contributed by atoms with Crippen molar-refractivity contribution in [2.75, 3.05) is 26.0 Å². The minimum absolute atomic E-state index is 0.0424. The van der Waals surface area contributed by atoms with E-state index in [9.17, 15) is 5.11 Å². The van der Waals surface area contributed by atoms with Crippen molar-refractivity contribution in [3.05, 3.63) is 29.8 Å². The van der Waals surface area contributed by atoms with Gasteiger partial charge in [0.2, 0.25) is 0 Å². The normalized spacial score (nSPS) is 25.3. The lowest BCUT2D eigenvalue weighted by atomic mass is 10.1. The standard InChI is InChI=1S/C14H21NO2S/c1-11-7-15(9-13(10-16)17-11)8-12-3-5-14(18-2)6-4-12/h3-6,11,13,16H,7-10H2,1-2H3. The molecular formula is C14H21NO2S. The number of aliphatic hydroxyl groups excluding tert-OH is 1. The Labute approximate surface area is 113 Å². The van der Waals surface area contributed by atoms with Gasteiger partial charge >= 0.3 is 0 Å². The minimum Gasteiger partial charge on any atom is -0.394 e. The van der Waals surface area contributed by atoms with Crippen LogP contribution in [-0.2, 0) is 11.3 Å². The van der Waals surface area contributed by atoms with Crippen molar-refractivity contribution in [2.45, 2.75) is 30.6 Å². The van der Waals surface area contributed by atoms with Crippen LogP contribution in [-0.4, -0.2) is 48.2 Å². The van der Waals surface area contributed by atoms with Crippen LogP contribution in [0.15, 0.2) is 29.2 Å². The highest BCUT2D eigenvalue weighted by Crippen LogP contribution is 2.18. The summed E-state index contributed by atoms with van der Waals surface area (Å²) in [5.41, 5.74) is 1.32. The third-order valence-electron chi connectivity index (χ3n) is 3.17. The summed E-state index contributed by atoms with van der Waals surface area (Å²) in [6, 6.07) is 8.68. The number of rotatable bonds is 4. The molecule has 2 rings (SSSR count). The Morgan fingerprint density at radius 1 is 1.33 bits per heavy atom. The molecule has 2 atom stereocenters. The first-order chi connectivity index (χ1) is 8.71. The lowest BCUT2D eigenvalue weighted by Crippen LogP contribution is -2.47. The smallest absolute Gasteiger partial charge is 0.0936 e. The Balaban J connectivity index is 1.95. The van der Waals surface area contributed by atoms with Gasteiger partial charge in [0.25, 0.3) is 0 Å². The molecule has 4 heteroatoms. The van der Waals surface area contributed by atoms with E-state index in [0.717, 1.165) is 19.6 Å². The number of hydrogen-bond acceptors (Lipinski definition) is 4. The van der Waals surface area contributed by atoms with Gasteiger partial charge in [-0.15, -0.1) is 11.8 Å². The molecule has 1 fully saturated rings. The Bertz CT molecular complexity index is 369. The van der Waals surface area contributed by atoms with E-state index >= 15 is 0 Å². The fraction of sp³-hybridized carbons (Fsp3) is 0.571. The maximum atomic E-state index is 9.21. The Morgan fingerprint density at radius 2 is 2.06 bits per heavy atom. The van der Waals surface area contributed by atoms with Crippen LogP contribution in [0.25, 0.3) is 0 Å². The quantitative estimate of drug-likeness (QED) is 0.846. The molecule has 0 aromatic heterocycles. The summed E-state index contributed by atoms with van der Waals surface area (Å²) in [5, 5.41) is 9.21. The fourth-order valence-corrected chi connectivity index (χ4v) is 2.77. The topological polar surface area (TPSA) is 32.7 Å². The number of hydrogen-bond donors (Lipinski definition) is 1. The van der Waals surface area contributed by atoms with Gasteiger partial charge in [0.05, 0.1) is 18.8 Å². The molecule has 1 heterocycles. The number of ether oxygens (including phenoxy) is 1. The molecule has 1 N–H and O–H groups in total. The van der Waals surface area contributed by atoms with Gasteiger partial charge in [0.15, 0.2) is 0 Å². The summed E-state index contributed by atoms with van der Waals surface area (Å²) < 4.78 is 5.64. The number of thioether (sulfide) groups is 1. The molecule has 1 aromatic rings. The van der Waals surface area contributed by atoms with Crippen LogP contribution in [0.4, 0.5) is 0 Å². The summed E-state index contributed by atoms with van der Waals surface area (Å²) in [5.74, 6) is 0. The summed E-state index contributed by atoms with van der Waals surface area (Å²) in [4.78, 5) is 3.64. The molecule has 0 saturated carbocycles. The van der Waals surface area contributed by atoms with Crippen molar-refractivity contribution in [1.82, 2.24) is 4.90 Å². The van der Waals surface area contributed by atoms with Gasteiger partial charge < -0.3 is 9.84 Å². The molecule has 100 valence electrons. The Morgan fingerprint density at radius 3 is 2.67 bits per heavy atom. The summed E-state index contributed by atoms with van der Waals surface area (Å²) in [6.45, 7) is 4.84. The van der Waals surface area contributed by atoms with E-state index in [0.29, 0.717) is 0 Å². The number of morpholine rings is 1. The first-order valence-electron chi connectivity index (χ1n) is 6.33. The van der Waals surface area contributed by atoms with Crippen molar-refractivity contribution < 1.29 is 9.84 Å². The van der Waals surface area contributed by atoms with Gasteiger partial charge in [0.1, 0.15) is 0 Å². The van der Waals surface area contributed by atoms with Gasteiger partial charge in [-0.2, -0.15) is 0 Å². The van der Waals surface area contributed by atoms with E-state index in [1.165, 1.54) is 10.5 Å². The van der Waals surface area contributed by atoms with Crippen LogP contribution < -0.4 is 0 Å². The van der Waals surface area contributed by atoms with Crippen molar-refractivity contribution in [2.24, 2.45) is 0 Å². The zero-order valence-electron chi connectivity index (χ0n) is 11.0. The Kier molecular flexibility index (Phi) is 5.06. The molecular weight excluding hydrogens is 246 g/mol. The average molecular weight is 267 g/mol. The third kappa shape index (κ3) is 3.72. The first kappa shape index (κ1) is 13.9. The highest BCUT2D eigenvalue weighted by molar-refractivity contribution is 7.98. The number of nitrogens with zero attached hydrogens (tertiary/aromatic N) is 1. The maximum absolute atomic E-state index is 9.21. The van der Waals surface area contributed by atoms with Crippen molar-refractivity contribution in [3.63, 3.8) is 0 Å². The molecule has 1 aliphatic rings. The van der Waals surface area contributed by atoms with Crippen LogP contribution in [0, 0.1) is 0 Å². The molecule has 0 radical (unpaired) electrons. The van der Waals surface area contributed by atoms with E-state index in [2.05, 4.69) is 42.3 Å². The maximum Gasteiger partial charge on any atom is 0.0936 e. The van der Waals surface area contributed by atoms with E-state index < -0.39 is 0 Å². The first-order valence-corrected chi connectivity index (χ1v) is 7.55. The van der Waals surface area contributed by atoms with Crippen LogP contribution in [0.5, 0.6) is 0 Å². The van der Waals surface area contributed by atoms with Crippen LogP contribution in [0.3, 0.4) is 0 Å². The summed E-state index contributed by atoms with van der Waals surface area (Å²) in [7, 11) is 0. The zero-order chi connectivity index (χ0) is 13.0. The highest BCUT2D eigenvalue weighted by Gasteiger charge is 2.24. The SMILES string of the molecule is CSc1ccc(CN2CC(C)OC(CO)C2)cc1. The molecule has 0 bridgehead atoms. The second-order valence-electron chi connectivity index (χ2n) is 4.79. The largest absolute Gasteiger partial charge is 0.394 e. The number of benzene rings is 1. The lowest BCUT2D eigenvalue weighted by Gasteiger charge is -2.36. The van der Waals surface area contributed by atoms with Gasteiger partial charge in [-0.1, -0.05) is 12.1 Å². The fourth-order valence-electron chi connectivity index (χ4n) is 2.36. The van der Waals surface area contributed by atoms with Crippen molar-refractivity contribution in [3.8, 4) is 0 Å². The van der Waals surface area contributed by atoms with Gasteiger partial charge in [-0.3, -0.25) is 4.90 Å². The molecule has 0 spiro atoms. The predicted molar refractivity (Wildman–Crippen MR) is 74.9 cm³/mol. The van der Waals surface area contributed by atoms with Crippen molar-refractivity contribution in [1.29, 1.82) is 0 Å². The third-order valence-corrected chi connectivity index (χ3v) is 3.91.